The van der Waals surface area contributed by atoms with Crippen molar-refractivity contribution < 1.29 is 4.79 Å². The lowest BCUT2D eigenvalue weighted by Gasteiger charge is -2.08. The molecule has 0 aliphatic heterocycles. The third kappa shape index (κ3) is 3.71. The first-order valence-corrected chi connectivity index (χ1v) is 6.78. The quantitative estimate of drug-likeness (QED) is 0.878. The van der Waals surface area contributed by atoms with Gasteiger partial charge >= 0.3 is 0 Å². The molecule has 2 N–H and O–H groups in total. The molecule has 0 aliphatic rings. The van der Waals surface area contributed by atoms with Crippen LogP contribution in [0.15, 0.2) is 42.7 Å². The van der Waals surface area contributed by atoms with E-state index in [2.05, 4.69) is 17.6 Å². The maximum absolute atomic E-state index is 12.0. The number of rotatable bonds is 5. The number of hydrogen-bond acceptors (Lipinski definition) is 2. The van der Waals surface area contributed by atoms with Gasteiger partial charge in [0.2, 0.25) is 5.91 Å². The Morgan fingerprint density at radius 3 is 2.85 bits per heavy atom. The van der Waals surface area contributed by atoms with Gasteiger partial charge in [0.15, 0.2) is 0 Å². The van der Waals surface area contributed by atoms with Crippen LogP contribution in [0.1, 0.15) is 24.1 Å². The maximum atomic E-state index is 12.0. The molecule has 4 nitrogen and oxygen atoms in total. The largest absolute Gasteiger partial charge is 0.345 e. The zero-order valence-electron chi connectivity index (χ0n) is 12.2. The highest BCUT2D eigenvalue weighted by Gasteiger charge is 2.07. The van der Waals surface area contributed by atoms with E-state index < -0.39 is 0 Å². The fourth-order valence-corrected chi connectivity index (χ4v) is 2.07. The molecule has 1 unspecified atom stereocenters. The molecular formula is C16H21N3O. The summed E-state index contributed by atoms with van der Waals surface area (Å²) in [7, 11) is 1.92. The average molecular weight is 271 g/mol. The van der Waals surface area contributed by atoms with Crippen molar-refractivity contribution in [2.24, 2.45) is 0 Å². The van der Waals surface area contributed by atoms with Crippen LogP contribution in [0.4, 0.5) is 5.69 Å². The highest BCUT2D eigenvalue weighted by Crippen LogP contribution is 2.13. The van der Waals surface area contributed by atoms with Crippen molar-refractivity contribution >= 4 is 11.6 Å². The van der Waals surface area contributed by atoms with Gasteiger partial charge in [-0.05, 0) is 50.2 Å². The molecule has 2 rings (SSSR count). The molecule has 0 aliphatic carbocycles. The molecular weight excluding hydrogens is 250 g/mol. The molecule has 20 heavy (non-hydrogen) atoms. The van der Waals surface area contributed by atoms with E-state index in [1.54, 1.807) is 0 Å². The van der Waals surface area contributed by atoms with Crippen LogP contribution >= 0.6 is 0 Å². The standard InChI is InChI=1S/C16H21N3O/c1-12-5-4-6-15(9-12)18-16(20)11-19-8-7-14(10-19)13(2)17-3/h4-10,13,17H,11H2,1-3H3,(H,18,20). The number of aryl methyl sites for hydroxylation is 1. The summed E-state index contributed by atoms with van der Waals surface area (Å²) >= 11 is 0. The molecule has 0 saturated carbocycles. The van der Waals surface area contributed by atoms with Gasteiger partial charge in [-0.15, -0.1) is 0 Å². The van der Waals surface area contributed by atoms with Crippen molar-refractivity contribution in [3.63, 3.8) is 0 Å². The lowest BCUT2D eigenvalue weighted by Crippen LogP contribution is -2.18. The van der Waals surface area contributed by atoms with Crippen LogP contribution in [-0.2, 0) is 11.3 Å². The first-order chi connectivity index (χ1) is 9.58. The Morgan fingerprint density at radius 1 is 1.35 bits per heavy atom. The Labute approximate surface area is 119 Å². The summed E-state index contributed by atoms with van der Waals surface area (Å²) < 4.78 is 1.90. The van der Waals surface area contributed by atoms with Gasteiger partial charge in [-0.1, -0.05) is 12.1 Å². The number of benzene rings is 1. The van der Waals surface area contributed by atoms with E-state index in [1.807, 2.05) is 61.3 Å². The molecule has 0 fully saturated rings. The second-order valence-electron chi connectivity index (χ2n) is 5.05. The smallest absolute Gasteiger partial charge is 0.244 e. The normalized spacial score (nSPS) is 12.2. The fraction of sp³-hybridized carbons (Fsp3) is 0.312. The number of nitrogens with one attached hydrogen (secondary N) is 2. The van der Waals surface area contributed by atoms with E-state index in [-0.39, 0.29) is 11.9 Å². The van der Waals surface area contributed by atoms with Crippen LogP contribution in [0, 0.1) is 6.92 Å². The van der Waals surface area contributed by atoms with Gasteiger partial charge < -0.3 is 15.2 Å². The molecule has 0 saturated heterocycles. The van der Waals surface area contributed by atoms with E-state index in [0.717, 1.165) is 11.3 Å². The van der Waals surface area contributed by atoms with Gasteiger partial charge in [-0.3, -0.25) is 4.79 Å². The van der Waals surface area contributed by atoms with Crippen LogP contribution in [0.5, 0.6) is 0 Å². The summed E-state index contributed by atoms with van der Waals surface area (Å²) in [5.74, 6) is -0.0186. The van der Waals surface area contributed by atoms with Crippen molar-refractivity contribution in [1.29, 1.82) is 0 Å². The van der Waals surface area contributed by atoms with Crippen molar-refractivity contribution in [2.45, 2.75) is 26.4 Å². The molecule has 1 amide bonds. The van der Waals surface area contributed by atoms with Gasteiger partial charge in [0.05, 0.1) is 0 Å². The summed E-state index contributed by atoms with van der Waals surface area (Å²) in [6, 6.07) is 10.1. The molecule has 106 valence electrons. The molecule has 0 radical (unpaired) electrons. The minimum Gasteiger partial charge on any atom is -0.345 e. The number of aromatic nitrogens is 1. The number of anilines is 1. The third-order valence-electron chi connectivity index (χ3n) is 3.33. The first-order valence-electron chi connectivity index (χ1n) is 6.78. The predicted octanol–water partition coefficient (Wildman–Crippen LogP) is 2.72. The molecule has 0 spiro atoms. The lowest BCUT2D eigenvalue weighted by atomic mass is 10.2. The molecule has 4 heteroatoms. The lowest BCUT2D eigenvalue weighted by molar-refractivity contribution is -0.116. The van der Waals surface area contributed by atoms with Gasteiger partial charge in [-0.2, -0.15) is 0 Å². The van der Waals surface area contributed by atoms with Crippen LogP contribution in [0.2, 0.25) is 0 Å². The minimum absolute atomic E-state index is 0.0186. The molecule has 0 bridgehead atoms. The van der Waals surface area contributed by atoms with Crippen LogP contribution in [0.3, 0.4) is 0 Å². The molecule has 1 aromatic carbocycles. The number of amides is 1. The summed E-state index contributed by atoms with van der Waals surface area (Å²) in [4.78, 5) is 12.0. The monoisotopic (exact) mass is 271 g/mol. The first kappa shape index (κ1) is 14.3. The van der Waals surface area contributed by atoms with Gasteiger partial charge in [0, 0.05) is 24.1 Å². The SMILES string of the molecule is CNC(C)c1ccn(CC(=O)Nc2cccc(C)c2)c1. The number of carbonyl (C=O) groups excluding carboxylic acids is 1. The van der Waals surface area contributed by atoms with Crippen molar-refractivity contribution in [3.05, 3.63) is 53.9 Å². The number of hydrogen-bond donors (Lipinski definition) is 2. The number of carbonyl (C=O) groups is 1. The fourth-order valence-electron chi connectivity index (χ4n) is 2.07. The molecule has 1 atom stereocenters. The predicted molar refractivity (Wildman–Crippen MR) is 81.7 cm³/mol. The van der Waals surface area contributed by atoms with Gasteiger partial charge in [0.25, 0.3) is 0 Å². The van der Waals surface area contributed by atoms with Crippen LogP contribution < -0.4 is 10.6 Å². The second-order valence-corrected chi connectivity index (χ2v) is 5.05. The minimum atomic E-state index is -0.0186. The van der Waals surface area contributed by atoms with Crippen LogP contribution in [0.25, 0.3) is 0 Å². The topological polar surface area (TPSA) is 46.1 Å². The Bertz CT molecular complexity index is 589. The van der Waals surface area contributed by atoms with Gasteiger partial charge in [-0.25, -0.2) is 0 Å². The van der Waals surface area contributed by atoms with Crippen molar-refractivity contribution in [1.82, 2.24) is 9.88 Å². The average Bonchev–Trinajstić information content (AvgIpc) is 2.86. The zero-order chi connectivity index (χ0) is 14.5. The summed E-state index contributed by atoms with van der Waals surface area (Å²) in [5, 5.41) is 6.09. The van der Waals surface area contributed by atoms with Crippen molar-refractivity contribution in [3.8, 4) is 0 Å². The highest BCUT2D eigenvalue weighted by molar-refractivity contribution is 5.90. The Morgan fingerprint density at radius 2 is 2.15 bits per heavy atom. The molecule has 1 heterocycles. The summed E-state index contributed by atoms with van der Waals surface area (Å²) in [5.41, 5.74) is 3.15. The van der Waals surface area contributed by atoms with E-state index >= 15 is 0 Å². The van der Waals surface area contributed by atoms with Crippen LogP contribution in [-0.4, -0.2) is 17.5 Å². The second kappa shape index (κ2) is 6.39. The highest BCUT2D eigenvalue weighted by atomic mass is 16.1. The zero-order valence-corrected chi connectivity index (χ0v) is 12.2. The van der Waals surface area contributed by atoms with E-state index in [1.165, 1.54) is 5.56 Å². The Hall–Kier alpha value is -2.07. The van der Waals surface area contributed by atoms with Crippen molar-refractivity contribution in [2.75, 3.05) is 12.4 Å². The third-order valence-corrected chi connectivity index (χ3v) is 3.33. The number of nitrogens with zero attached hydrogens (tertiary/aromatic N) is 1. The van der Waals surface area contributed by atoms with E-state index in [9.17, 15) is 4.79 Å². The Kier molecular flexibility index (Phi) is 4.58. The summed E-state index contributed by atoms with van der Waals surface area (Å²) in [6.07, 6.45) is 3.93. The summed E-state index contributed by atoms with van der Waals surface area (Å²) in [6.45, 7) is 4.42. The van der Waals surface area contributed by atoms with E-state index in [0.29, 0.717) is 6.54 Å². The Balaban J connectivity index is 1.96. The molecule has 2 aromatic rings. The maximum Gasteiger partial charge on any atom is 0.244 e. The van der Waals surface area contributed by atoms with E-state index in [4.69, 9.17) is 0 Å². The van der Waals surface area contributed by atoms with Gasteiger partial charge in [0.1, 0.15) is 6.54 Å². The molecule has 1 aromatic heterocycles.